The minimum absolute atomic E-state index is 0.198. The van der Waals surface area contributed by atoms with E-state index in [2.05, 4.69) is 4.98 Å². The summed E-state index contributed by atoms with van der Waals surface area (Å²) in [5, 5.41) is 9.54. The van der Waals surface area contributed by atoms with E-state index in [0.29, 0.717) is 11.3 Å². The first-order valence-corrected chi connectivity index (χ1v) is 4.16. The lowest BCUT2D eigenvalue weighted by molar-refractivity contribution is 0.112. The van der Waals surface area contributed by atoms with Crippen LogP contribution < -0.4 is 0 Å². The molecule has 1 heterocycles. The summed E-state index contributed by atoms with van der Waals surface area (Å²) in [5.74, 6) is 0.198. The fourth-order valence-electron chi connectivity index (χ4n) is 0.982. The summed E-state index contributed by atoms with van der Waals surface area (Å²) in [6.07, 6.45) is 0.710. The minimum atomic E-state index is 0.198. The van der Waals surface area contributed by atoms with Crippen molar-refractivity contribution < 1.29 is 9.90 Å². The second kappa shape index (κ2) is 2.57. The zero-order valence-corrected chi connectivity index (χ0v) is 6.84. The first-order chi connectivity index (χ1) is 5.79. The predicted octanol–water partition coefficient (Wildman–Crippen LogP) is 1.81. The van der Waals surface area contributed by atoms with E-state index >= 15 is 0 Å². The summed E-state index contributed by atoms with van der Waals surface area (Å²) in [5.41, 5.74) is 0.750. The van der Waals surface area contributed by atoms with Crippen molar-refractivity contribution in [1.82, 2.24) is 4.98 Å². The lowest BCUT2D eigenvalue weighted by Crippen LogP contribution is -1.72. The number of phenolic OH excluding ortho intramolecular Hbond substituents is 1. The van der Waals surface area contributed by atoms with E-state index in [1.807, 2.05) is 0 Å². The molecule has 1 aromatic heterocycles. The van der Waals surface area contributed by atoms with Crippen LogP contribution in [0.4, 0.5) is 0 Å². The zero-order chi connectivity index (χ0) is 8.55. The molecule has 0 saturated heterocycles. The molecule has 0 radical (unpaired) electrons. The predicted molar refractivity (Wildman–Crippen MR) is 46.7 cm³/mol. The Morgan fingerprint density at radius 1 is 1.50 bits per heavy atom. The summed E-state index contributed by atoms with van der Waals surface area (Å²) >= 11 is 1.27. The smallest absolute Gasteiger partial charge is 0.178 e. The first-order valence-electron chi connectivity index (χ1n) is 3.34. The molecular formula is C8H5NO2S. The third-order valence-electron chi connectivity index (χ3n) is 1.49. The fraction of sp³-hybridized carbons (Fsp3) is 0. The summed E-state index contributed by atoms with van der Waals surface area (Å²) in [7, 11) is 0. The van der Waals surface area contributed by atoms with Gasteiger partial charge < -0.3 is 5.11 Å². The van der Waals surface area contributed by atoms with Crippen LogP contribution in [0.25, 0.3) is 10.2 Å². The molecule has 0 aliphatic carbocycles. The van der Waals surface area contributed by atoms with Gasteiger partial charge in [-0.2, -0.15) is 0 Å². The number of rotatable bonds is 1. The van der Waals surface area contributed by atoms with Gasteiger partial charge in [-0.05, 0) is 18.2 Å². The van der Waals surface area contributed by atoms with Crippen molar-refractivity contribution in [1.29, 1.82) is 0 Å². The number of phenols is 1. The number of fused-ring (bicyclic) bond motifs is 1. The standard InChI is InChI=1S/C8H5NO2S/c10-4-8-9-6-2-1-5(11)3-7(6)12-8/h1-4,11H. The van der Waals surface area contributed by atoms with Crippen molar-refractivity contribution in [2.75, 3.05) is 0 Å². The van der Waals surface area contributed by atoms with Crippen LogP contribution in [0.15, 0.2) is 18.2 Å². The van der Waals surface area contributed by atoms with Crippen LogP contribution >= 0.6 is 11.3 Å². The van der Waals surface area contributed by atoms with E-state index in [1.54, 1.807) is 18.2 Å². The summed E-state index contributed by atoms with van der Waals surface area (Å²) in [6, 6.07) is 4.84. The molecule has 1 aromatic carbocycles. The number of nitrogens with zero attached hydrogens (tertiary/aromatic N) is 1. The number of hydrogen-bond donors (Lipinski definition) is 1. The molecule has 60 valence electrons. The van der Waals surface area contributed by atoms with Crippen LogP contribution in [0.5, 0.6) is 5.75 Å². The van der Waals surface area contributed by atoms with E-state index in [1.165, 1.54) is 11.3 Å². The normalized spacial score (nSPS) is 10.3. The highest BCUT2D eigenvalue weighted by Crippen LogP contribution is 2.24. The largest absolute Gasteiger partial charge is 0.508 e. The number of thiazole rings is 1. The van der Waals surface area contributed by atoms with Gasteiger partial charge in [0, 0.05) is 0 Å². The molecule has 2 rings (SSSR count). The van der Waals surface area contributed by atoms with Gasteiger partial charge in [0.25, 0.3) is 0 Å². The molecule has 0 bridgehead atoms. The third-order valence-corrected chi connectivity index (χ3v) is 2.43. The van der Waals surface area contributed by atoms with Gasteiger partial charge in [-0.3, -0.25) is 4.79 Å². The second-order valence-electron chi connectivity index (χ2n) is 2.32. The Bertz CT molecular complexity index is 436. The molecule has 3 nitrogen and oxygen atoms in total. The van der Waals surface area contributed by atoms with Crippen LogP contribution in [0, 0.1) is 0 Å². The molecular weight excluding hydrogens is 174 g/mol. The number of carbonyl (C=O) groups is 1. The summed E-state index contributed by atoms with van der Waals surface area (Å²) in [6.45, 7) is 0. The Hall–Kier alpha value is -1.42. The van der Waals surface area contributed by atoms with Gasteiger partial charge >= 0.3 is 0 Å². The molecule has 0 aliphatic rings. The molecule has 1 N–H and O–H groups in total. The van der Waals surface area contributed by atoms with Gasteiger partial charge in [0.05, 0.1) is 10.2 Å². The summed E-state index contributed by atoms with van der Waals surface area (Å²) < 4.78 is 0.831. The monoisotopic (exact) mass is 179 g/mol. The number of carbonyl (C=O) groups excluding carboxylic acids is 1. The van der Waals surface area contributed by atoms with Gasteiger partial charge in [-0.15, -0.1) is 11.3 Å². The van der Waals surface area contributed by atoms with E-state index in [-0.39, 0.29) is 5.75 Å². The van der Waals surface area contributed by atoms with E-state index in [4.69, 9.17) is 5.11 Å². The Kier molecular flexibility index (Phi) is 1.55. The number of hydrogen-bond acceptors (Lipinski definition) is 4. The maximum absolute atomic E-state index is 10.3. The average Bonchev–Trinajstić information content (AvgIpc) is 2.46. The SMILES string of the molecule is O=Cc1nc2ccc(O)cc2s1. The molecule has 12 heavy (non-hydrogen) atoms. The van der Waals surface area contributed by atoms with Gasteiger partial charge in [0.15, 0.2) is 11.3 Å². The van der Waals surface area contributed by atoms with Crippen molar-refractivity contribution in [2.45, 2.75) is 0 Å². The molecule has 4 heteroatoms. The van der Waals surface area contributed by atoms with Crippen LogP contribution in [0.2, 0.25) is 0 Å². The highest BCUT2D eigenvalue weighted by atomic mass is 32.1. The molecule has 0 fully saturated rings. The van der Waals surface area contributed by atoms with Crippen molar-refractivity contribution in [2.24, 2.45) is 0 Å². The van der Waals surface area contributed by atoms with E-state index < -0.39 is 0 Å². The molecule has 0 unspecified atom stereocenters. The quantitative estimate of drug-likeness (QED) is 0.679. The maximum Gasteiger partial charge on any atom is 0.178 e. The van der Waals surface area contributed by atoms with Crippen LogP contribution in [0.1, 0.15) is 9.80 Å². The Morgan fingerprint density at radius 2 is 2.33 bits per heavy atom. The lowest BCUT2D eigenvalue weighted by atomic mass is 10.3. The van der Waals surface area contributed by atoms with Crippen molar-refractivity contribution >= 4 is 27.8 Å². The van der Waals surface area contributed by atoms with Crippen molar-refractivity contribution in [3.8, 4) is 5.75 Å². The van der Waals surface area contributed by atoms with Crippen molar-refractivity contribution in [3.05, 3.63) is 23.2 Å². The van der Waals surface area contributed by atoms with Gasteiger partial charge in [0.2, 0.25) is 0 Å². The topological polar surface area (TPSA) is 50.2 Å². The van der Waals surface area contributed by atoms with E-state index in [0.717, 1.165) is 10.2 Å². The molecule has 0 aliphatic heterocycles. The number of aromatic hydroxyl groups is 1. The third kappa shape index (κ3) is 1.06. The Morgan fingerprint density at radius 3 is 3.08 bits per heavy atom. The Labute approximate surface area is 72.3 Å². The summed E-state index contributed by atoms with van der Waals surface area (Å²) in [4.78, 5) is 14.4. The number of benzene rings is 1. The number of aldehydes is 1. The Balaban J connectivity index is 2.75. The molecule has 2 aromatic rings. The highest BCUT2D eigenvalue weighted by molar-refractivity contribution is 7.20. The van der Waals surface area contributed by atoms with Crippen LogP contribution in [-0.4, -0.2) is 16.4 Å². The molecule has 0 saturated carbocycles. The average molecular weight is 179 g/mol. The van der Waals surface area contributed by atoms with Crippen LogP contribution in [-0.2, 0) is 0 Å². The van der Waals surface area contributed by atoms with Gasteiger partial charge in [0.1, 0.15) is 5.75 Å². The number of aromatic nitrogens is 1. The van der Waals surface area contributed by atoms with E-state index in [9.17, 15) is 4.79 Å². The minimum Gasteiger partial charge on any atom is -0.508 e. The fourth-order valence-corrected chi connectivity index (χ4v) is 1.80. The molecule has 0 amide bonds. The van der Waals surface area contributed by atoms with Gasteiger partial charge in [-0.1, -0.05) is 0 Å². The van der Waals surface area contributed by atoms with Crippen molar-refractivity contribution in [3.63, 3.8) is 0 Å². The maximum atomic E-state index is 10.3. The zero-order valence-electron chi connectivity index (χ0n) is 6.02. The molecule has 0 spiro atoms. The second-order valence-corrected chi connectivity index (χ2v) is 3.38. The first kappa shape index (κ1) is 7.24. The van der Waals surface area contributed by atoms with Crippen LogP contribution in [0.3, 0.4) is 0 Å². The highest BCUT2D eigenvalue weighted by Gasteiger charge is 2.02. The molecule has 0 atom stereocenters. The lowest BCUT2D eigenvalue weighted by Gasteiger charge is -1.87. The van der Waals surface area contributed by atoms with Gasteiger partial charge in [-0.25, -0.2) is 4.98 Å².